The van der Waals surface area contributed by atoms with Crippen LogP contribution in [0.25, 0.3) is 0 Å². The second-order valence-electron chi connectivity index (χ2n) is 6.83. The molecule has 1 aliphatic heterocycles. The number of piperidine rings is 1. The van der Waals surface area contributed by atoms with Crippen LogP contribution in [0.5, 0.6) is 0 Å². The van der Waals surface area contributed by atoms with Gasteiger partial charge in [-0.25, -0.2) is 0 Å². The highest BCUT2D eigenvalue weighted by Crippen LogP contribution is 2.15. The molecule has 1 aromatic carbocycles. The maximum Gasteiger partial charge on any atom is 0.221 e. The molecular weight excluding hydrogens is 286 g/mol. The fraction of sp³-hybridized carbons (Fsp3) is 0.632. The number of nitrogens with one attached hydrogen (secondary N) is 1. The third kappa shape index (κ3) is 6.71. The first-order valence-electron chi connectivity index (χ1n) is 8.94. The predicted octanol–water partition coefficient (Wildman–Crippen LogP) is 2.70. The van der Waals surface area contributed by atoms with Crippen LogP contribution in [0.1, 0.15) is 50.6 Å². The molecule has 1 heterocycles. The van der Waals surface area contributed by atoms with Gasteiger partial charge in [-0.2, -0.15) is 0 Å². The van der Waals surface area contributed by atoms with Gasteiger partial charge in [0.2, 0.25) is 5.91 Å². The number of rotatable bonds is 8. The molecule has 0 bridgehead atoms. The second kappa shape index (κ2) is 9.68. The van der Waals surface area contributed by atoms with Gasteiger partial charge in [0, 0.05) is 25.6 Å². The van der Waals surface area contributed by atoms with Crippen LogP contribution < -0.4 is 11.1 Å². The van der Waals surface area contributed by atoms with Gasteiger partial charge in [0.15, 0.2) is 0 Å². The second-order valence-corrected chi connectivity index (χ2v) is 6.83. The highest BCUT2D eigenvalue weighted by atomic mass is 16.1. The summed E-state index contributed by atoms with van der Waals surface area (Å²) >= 11 is 0. The smallest absolute Gasteiger partial charge is 0.221 e. The Kier molecular flexibility index (Phi) is 7.56. The van der Waals surface area contributed by atoms with Crippen molar-refractivity contribution in [1.29, 1.82) is 0 Å². The third-order valence-corrected chi connectivity index (χ3v) is 4.60. The molecule has 4 nitrogen and oxygen atoms in total. The lowest BCUT2D eigenvalue weighted by Crippen LogP contribution is -2.35. The van der Waals surface area contributed by atoms with E-state index in [1.54, 1.807) is 0 Å². The number of unbranched alkanes of at least 4 members (excludes halogenated alkanes) is 1. The standard InChI is InChI=1S/C19H31N3O/c1-16-8-7-13-22(15-16)12-6-5-11-21-19(23)14-18(20)17-9-3-2-4-10-17/h2-4,9-10,16,18H,5-8,11-15,20H2,1H3,(H,21,23). The molecule has 4 heteroatoms. The zero-order valence-corrected chi connectivity index (χ0v) is 14.3. The molecule has 0 spiro atoms. The summed E-state index contributed by atoms with van der Waals surface area (Å²) in [4.78, 5) is 14.5. The minimum Gasteiger partial charge on any atom is -0.356 e. The van der Waals surface area contributed by atoms with Crippen molar-refractivity contribution in [2.24, 2.45) is 11.7 Å². The lowest BCUT2D eigenvalue weighted by molar-refractivity contribution is -0.121. The molecule has 1 fully saturated rings. The molecule has 1 saturated heterocycles. The normalized spacial score (nSPS) is 20.2. The molecule has 0 radical (unpaired) electrons. The van der Waals surface area contributed by atoms with Gasteiger partial charge >= 0.3 is 0 Å². The van der Waals surface area contributed by atoms with Crippen LogP contribution >= 0.6 is 0 Å². The van der Waals surface area contributed by atoms with Crippen LogP contribution in [0, 0.1) is 5.92 Å². The first-order valence-corrected chi connectivity index (χ1v) is 8.94. The number of carbonyl (C=O) groups excluding carboxylic acids is 1. The van der Waals surface area contributed by atoms with E-state index in [0.717, 1.165) is 37.4 Å². The van der Waals surface area contributed by atoms with Gasteiger partial charge in [-0.05, 0) is 50.3 Å². The Bertz CT molecular complexity index is 463. The number of nitrogens with zero attached hydrogens (tertiary/aromatic N) is 1. The topological polar surface area (TPSA) is 58.4 Å². The van der Waals surface area contributed by atoms with E-state index in [-0.39, 0.29) is 11.9 Å². The van der Waals surface area contributed by atoms with Gasteiger partial charge < -0.3 is 16.0 Å². The Morgan fingerprint density at radius 3 is 2.87 bits per heavy atom. The Morgan fingerprint density at radius 1 is 1.35 bits per heavy atom. The van der Waals surface area contributed by atoms with Crippen molar-refractivity contribution in [3.05, 3.63) is 35.9 Å². The molecule has 0 saturated carbocycles. The van der Waals surface area contributed by atoms with Crippen molar-refractivity contribution in [3.8, 4) is 0 Å². The van der Waals surface area contributed by atoms with Crippen molar-refractivity contribution >= 4 is 5.91 Å². The summed E-state index contributed by atoms with van der Waals surface area (Å²) in [7, 11) is 0. The van der Waals surface area contributed by atoms with Crippen molar-refractivity contribution in [1.82, 2.24) is 10.2 Å². The van der Waals surface area contributed by atoms with Crippen LogP contribution in [0.3, 0.4) is 0 Å². The number of nitrogens with two attached hydrogens (primary N) is 1. The maximum atomic E-state index is 11.9. The maximum absolute atomic E-state index is 11.9. The quantitative estimate of drug-likeness (QED) is 0.725. The molecule has 1 amide bonds. The van der Waals surface area contributed by atoms with Gasteiger partial charge in [-0.1, -0.05) is 37.3 Å². The Balaban J connectivity index is 1.54. The minimum atomic E-state index is -0.217. The lowest BCUT2D eigenvalue weighted by atomic mass is 10.0. The van der Waals surface area contributed by atoms with E-state index in [1.165, 1.54) is 25.9 Å². The average molecular weight is 317 g/mol. The molecule has 2 rings (SSSR count). The van der Waals surface area contributed by atoms with Crippen LogP contribution in [-0.2, 0) is 4.79 Å². The van der Waals surface area contributed by atoms with E-state index in [0.29, 0.717) is 6.42 Å². The summed E-state index contributed by atoms with van der Waals surface area (Å²) in [6.45, 7) is 6.72. The van der Waals surface area contributed by atoms with Gasteiger partial charge in [0.1, 0.15) is 0 Å². The van der Waals surface area contributed by atoms with Gasteiger partial charge in [-0.15, -0.1) is 0 Å². The molecule has 0 aliphatic carbocycles. The fourth-order valence-electron chi connectivity index (χ4n) is 3.27. The SMILES string of the molecule is CC1CCCN(CCCCNC(=O)CC(N)c2ccccc2)C1. The largest absolute Gasteiger partial charge is 0.356 e. The number of carbonyl (C=O) groups is 1. The van der Waals surface area contributed by atoms with Gasteiger partial charge in [-0.3, -0.25) is 4.79 Å². The van der Waals surface area contributed by atoms with Crippen molar-refractivity contribution < 1.29 is 4.79 Å². The number of hydrogen-bond acceptors (Lipinski definition) is 3. The average Bonchev–Trinajstić information content (AvgIpc) is 2.55. The molecule has 3 N–H and O–H groups in total. The highest BCUT2D eigenvalue weighted by Gasteiger charge is 2.15. The van der Waals surface area contributed by atoms with Crippen molar-refractivity contribution in [2.45, 2.75) is 45.1 Å². The molecule has 2 atom stereocenters. The summed E-state index contributed by atoms with van der Waals surface area (Å²) in [5.74, 6) is 0.885. The Morgan fingerprint density at radius 2 is 2.13 bits per heavy atom. The van der Waals surface area contributed by atoms with Crippen LogP contribution in [0.15, 0.2) is 30.3 Å². The van der Waals surface area contributed by atoms with E-state index in [1.807, 2.05) is 30.3 Å². The molecule has 0 aromatic heterocycles. The minimum absolute atomic E-state index is 0.0490. The zero-order valence-electron chi connectivity index (χ0n) is 14.3. The van der Waals surface area contributed by atoms with Crippen molar-refractivity contribution in [2.75, 3.05) is 26.2 Å². The third-order valence-electron chi connectivity index (χ3n) is 4.60. The summed E-state index contributed by atoms with van der Waals surface area (Å²) in [5.41, 5.74) is 7.08. The number of benzene rings is 1. The summed E-state index contributed by atoms with van der Waals surface area (Å²) in [5, 5.41) is 2.99. The molecule has 128 valence electrons. The number of amides is 1. The molecule has 2 unspecified atom stereocenters. The number of likely N-dealkylation sites (tertiary alicyclic amines) is 1. The number of hydrogen-bond donors (Lipinski definition) is 2. The Hall–Kier alpha value is -1.39. The summed E-state index contributed by atoms with van der Waals surface area (Å²) < 4.78 is 0. The van der Waals surface area contributed by atoms with Gasteiger partial charge in [0.25, 0.3) is 0 Å². The van der Waals surface area contributed by atoms with E-state index >= 15 is 0 Å². The predicted molar refractivity (Wildman–Crippen MR) is 95.1 cm³/mol. The van der Waals surface area contributed by atoms with E-state index < -0.39 is 0 Å². The highest BCUT2D eigenvalue weighted by molar-refractivity contribution is 5.76. The first-order chi connectivity index (χ1) is 11.1. The lowest BCUT2D eigenvalue weighted by Gasteiger charge is -2.30. The molecule has 23 heavy (non-hydrogen) atoms. The van der Waals surface area contributed by atoms with Crippen LogP contribution in [-0.4, -0.2) is 37.0 Å². The molecule has 1 aromatic rings. The fourth-order valence-corrected chi connectivity index (χ4v) is 3.27. The van der Waals surface area contributed by atoms with Crippen LogP contribution in [0.2, 0.25) is 0 Å². The van der Waals surface area contributed by atoms with Crippen molar-refractivity contribution in [3.63, 3.8) is 0 Å². The van der Waals surface area contributed by atoms with E-state index in [9.17, 15) is 4.79 Å². The first kappa shape index (κ1) is 18.0. The van der Waals surface area contributed by atoms with Gasteiger partial charge in [0.05, 0.1) is 0 Å². The monoisotopic (exact) mass is 317 g/mol. The Labute approximate surface area is 140 Å². The van der Waals surface area contributed by atoms with E-state index in [2.05, 4.69) is 17.1 Å². The summed E-state index contributed by atoms with van der Waals surface area (Å²) in [6, 6.07) is 9.59. The molecule has 1 aliphatic rings. The van der Waals surface area contributed by atoms with E-state index in [4.69, 9.17) is 5.73 Å². The summed E-state index contributed by atoms with van der Waals surface area (Å²) in [6.07, 6.45) is 5.24. The zero-order chi connectivity index (χ0) is 16.5. The molecular formula is C19H31N3O. The van der Waals surface area contributed by atoms with Crippen LogP contribution in [0.4, 0.5) is 0 Å².